The van der Waals surface area contributed by atoms with Crippen molar-refractivity contribution in [3.8, 4) is 17.6 Å². The van der Waals surface area contributed by atoms with Crippen LogP contribution in [0, 0.1) is 11.3 Å². The summed E-state index contributed by atoms with van der Waals surface area (Å²) in [6.07, 6.45) is 4.08. The molecule has 9 heteroatoms. The zero-order chi connectivity index (χ0) is 25.1. The molecule has 4 aromatic rings. The van der Waals surface area contributed by atoms with Crippen molar-refractivity contribution in [2.24, 2.45) is 0 Å². The van der Waals surface area contributed by atoms with Crippen molar-refractivity contribution in [1.82, 2.24) is 14.8 Å². The third-order valence-electron chi connectivity index (χ3n) is 6.57. The monoisotopic (exact) mass is 505 g/mol. The van der Waals surface area contributed by atoms with E-state index in [0.29, 0.717) is 51.2 Å². The van der Waals surface area contributed by atoms with Crippen molar-refractivity contribution in [1.29, 1.82) is 5.26 Å². The van der Waals surface area contributed by atoms with Crippen molar-refractivity contribution >= 4 is 44.8 Å². The molecule has 0 saturated carbocycles. The minimum atomic E-state index is 0.380. The molecule has 0 bridgehead atoms. The number of nitrogens with one attached hydrogen (secondary N) is 1. The maximum absolute atomic E-state index is 9.80. The van der Waals surface area contributed by atoms with Gasteiger partial charge in [-0.1, -0.05) is 11.6 Å². The fourth-order valence-corrected chi connectivity index (χ4v) is 4.68. The number of fused-ring (bicyclic) bond motifs is 2. The largest absolute Gasteiger partial charge is 0.493 e. The summed E-state index contributed by atoms with van der Waals surface area (Å²) in [4.78, 5) is 9.32. The Balaban J connectivity index is 1.40. The lowest BCUT2D eigenvalue weighted by Gasteiger charge is -2.32. The number of hydrogen-bond donors (Lipinski definition) is 1. The van der Waals surface area contributed by atoms with Gasteiger partial charge in [0.25, 0.3) is 0 Å². The second kappa shape index (κ2) is 10.6. The standard InChI is InChI=1S/C27H28ClN5O3/c1-32-8-10-33(11-9-32)7-3-12-35-24-15-22-20(14-23(24)34-2)25(19(16-29)17-30-22)31-26-21(28)5-4-18-6-13-36-27(18)26/h4-6,13-15,17H,3,7-12H2,1-2H3,(H,30,31). The van der Waals surface area contributed by atoms with Gasteiger partial charge in [0.1, 0.15) is 11.8 Å². The number of pyridine rings is 1. The molecular formula is C27H28ClN5O3. The van der Waals surface area contributed by atoms with Crippen LogP contribution >= 0.6 is 11.6 Å². The van der Waals surface area contributed by atoms with E-state index >= 15 is 0 Å². The summed E-state index contributed by atoms with van der Waals surface area (Å²) in [5.74, 6) is 1.20. The van der Waals surface area contributed by atoms with Gasteiger partial charge in [0.05, 0.1) is 41.8 Å². The quantitative estimate of drug-likeness (QED) is 0.324. The van der Waals surface area contributed by atoms with Gasteiger partial charge in [0, 0.05) is 55.8 Å². The van der Waals surface area contributed by atoms with E-state index in [2.05, 4.69) is 33.2 Å². The molecule has 0 atom stereocenters. The molecule has 0 radical (unpaired) electrons. The molecule has 0 aliphatic carbocycles. The Bertz CT molecular complexity index is 1420. The number of benzene rings is 2. The first-order valence-corrected chi connectivity index (χ1v) is 12.3. The number of likely N-dealkylation sites (N-methyl/N-ethyl adjacent to an activating group) is 1. The Morgan fingerprint density at radius 1 is 1.14 bits per heavy atom. The van der Waals surface area contributed by atoms with Crippen LogP contribution in [0.1, 0.15) is 12.0 Å². The van der Waals surface area contributed by atoms with Gasteiger partial charge in [-0.2, -0.15) is 5.26 Å². The van der Waals surface area contributed by atoms with Crippen molar-refractivity contribution in [2.75, 3.05) is 58.8 Å². The number of furan rings is 1. The third kappa shape index (κ3) is 4.91. The van der Waals surface area contributed by atoms with E-state index < -0.39 is 0 Å². The van der Waals surface area contributed by atoms with Crippen molar-refractivity contribution < 1.29 is 13.9 Å². The maximum Gasteiger partial charge on any atom is 0.163 e. The minimum absolute atomic E-state index is 0.380. The first kappa shape index (κ1) is 24.2. The van der Waals surface area contributed by atoms with Crippen molar-refractivity contribution in [3.63, 3.8) is 0 Å². The summed E-state index contributed by atoms with van der Waals surface area (Å²) >= 11 is 6.50. The fourth-order valence-electron chi connectivity index (χ4n) is 4.48. The van der Waals surface area contributed by atoms with Crippen LogP contribution in [0.5, 0.6) is 11.5 Å². The lowest BCUT2D eigenvalue weighted by Crippen LogP contribution is -2.44. The predicted octanol–water partition coefficient (Wildman–Crippen LogP) is 5.27. The average molecular weight is 506 g/mol. The molecule has 0 unspecified atom stereocenters. The molecule has 0 amide bonds. The number of ether oxygens (including phenoxy) is 2. The average Bonchev–Trinajstić information content (AvgIpc) is 3.38. The third-order valence-corrected chi connectivity index (χ3v) is 6.88. The lowest BCUT2D eigenvalue weighted by molar-refractivity contribution is 0.145. The van der Waals surface area contributed by atoms with Crippen molar-refractivity contribution in [3.05, 3.63) is 53.4 Å². The van der Waals surface area contributed by atoms with Crippen LogP contribution in [-0.2, 0) is 0 Å². The molecule has 1 aliphatic rings. The van der Waals surface area contributed by atoms with Gasteiger partial charge in [-0.05, 0) is 37.7 Å². The predicted molar refractivity (Wildman–Crippen MR) is 142 cm³/mol. The molecule has 2 aromatic carbocycles. The maximum atomic E-state index is 9.80. The van der Waals surface area contributed by atoms with Gasteiger partial charge in [-0.25, -0.2) is 0 Å². The van der Waals surface area contributed by atoms with Gasteiger partial charge in [0.15, 0.2) is 17.1 Å². The first-order valence-electron chi connectivity index (χ1n) is 11.9. The number of aromatic nitrogens is 1. The van der Waals surface area contributed by atoms with Gasteiger partial charge >= 0.3 is 0 Å². The van der Waals surface area contributed by atoms with Gasteiger partial charge in [-0.3, -0.25) is 4.98 Å². The second-order valence-corrected chi connectivity index (χ2v) is 9.32. The Kier molecular flexibility index (Phi) is 7.14. The molecule has 1 aliphatic heterocycles. The molecule has 1 N–H and O–H groups in total. The van der Waals surface area contributed by atoms with E-state index in [1.54, 1.807) is 25.6 Å². The number of halogens is 1. The summed E-state index contributed by atoms with van der Waals surface area (Å²) in [6.45, 7) is 5.96. The molecule has 1 fully saturated rings. The Morgan fingerprint density at radius 2 is 1.97 bits per heavy atom. The Hall–Kier alpha value is -3.51. The number of rotatable bonds is 8. The molecular weight excluding hydrogens is 478 g/mol. The van der Waals surface area contributed by atoms with E-state index in [4.69, 9.17) is 25.5 Å². The zero-order valence-corrected chi connectivity index (χ0v) is 21.1. The molecule has 1 saturated heterocycles. The SMILES string of the molecule is COc1cc2c(Nc3c(Cl)ccc4ccoc34)c(C#N)cnc2cc1OCCCN1CCN(C)CC1. The highest BCUT2D eigenvalue weighted by Gasteiger charge is 2.18. The summed E-state index contributed by atoms with van der Waals surface area (Å²) in [7, 11) is 3.76. The molecule has 0 spiro atoms. The van der Waals surface area contributed by atoms with E-state index in [1.807, 2.05) is 24.3 Å². The first-order chi connectivity index (χ1) is 17.6. The normalized spacial score (nSPS) is 14.7. The number of nitriles is 1. The van der Waals surface area contributed by atoms with E-state index in [1.165, 1.54) is 0 Å². The molecule has 8 nitrogen and oxygen atoms in total. The summed E-state index contributed by atoms with van der Waals surface area (Å²) < 4.78 is 17.4. The van der Waals surface area contributed by atoms with Gasteiger partial charge in [-0.15, -0.1) is 0 Å². The summed E-state index contributed by atoms with van der Waals surface area (Å²) in [5, 5.41) is 15.2. The topological polar surface area (TPSA) is 86.8 Å². The molecule has 3 heterocycles. The number of hydrogen-bond acceptors (Lipinski definition) is 8. The van der Waals surface area contributed by atoms with Crippen LogP contribution in [0.2, 0.25) is 5.02 Å². The highest BCUT2D eigenvalue weighted by molar-refractivity contribution is 6.35. The second-order valence-electron chi connectivity index (χ2n) is 8.91. The smallest absolute Gasteiger partial charge is 0.163 e. The van der Waals surface area contributed by atoms with Crippen molar-refractivity contribution in [2.45, 2.75) is 6.42 Å². The number of nitrogens with zero attached hydrogens (tertiary/aromatic N) is 4. The van der Waals surface area contributed by atoms with Crippen LogP contribution in [0.3, 0.4) is 0 Å². The Labute approximate surface area is 215 Å². The van der Waals surface area contributed by atoms with E-state index in [-0.39, 0.29) is 0 Å². The number of methoxy groups -OCH3 is 1. The highest BCUT2D eigenvalue weighted by Crippen LogP contribution is 2.40. The molecule has 186 valence electrons. The number of anilines is 2. The lowest BCUT2D eigenvalue weighted by atomic mass is 10.1. The van der Waals surface area contributed by atoms with Gasteiger partial charge < -0.3 is 29.0 Å². The van der Waals surface area contributed by atoms with E-state index in [0.717, 1.165) is 49.9 Å². The van der Waals surface area contributed by atoms with E-state index in [9.17, 15) is 5.26 Å². The minimum Gasteiger partial charge on any atom is -0.493 e. The zero-order valence-electron chi connectivity index (χ0n) is 20.4. The van der Waals surface area contributed by atoms with Crippen LogP contribution in [0.25, 0.3) is 21.9 Å². The molecule has 2 aromatic heterocycles. The highest BCUT2D eigenvalue weighted by atomic mass is 35.5. The molecule has 36 heavy (non-hydrogen) atoms. The molecule has 5 rings (SSSR count). The fraction of sp³-hybridized carbons (Fsp3) is 0.333. The summed E-state index contributed by atoms with van der Waals surface area (Å²) in [6, 6.07) is 11.5. The van der Waals surface area contributed by atoms with Crippen LogP contribution < -0.4 is 14.8 Å². The van der Waals surface area contributed by atoms with Crippen LogP contribution in [0.15, 0.2) is 47.2 Å². The number of piperazine rings is 1. The van der Waals surface area contributed by atoms with Crippen LogP contribution in [-0.4, -0.2) is 68.3 Å². The van der Waals surface area contributed by atoms with Gasteiger partial charge in [0.2, 0.25) is 0 Å². The van der Waals surface area contributed by atoms with Crippen LogP contribution in [0.4, 0.5) is 11.4 Å². The Morgan fingerprint density at radius 3 is 2.75 bits per heavy atom. The summed E-state index contributed by atoms with van der Waals surface area (Å²) in [5.41, 5.74) is 2.84.